The number of piperazine rings is 1. The summed E-state index contributed by atoms with van der Waals surface area (Å²) < 4.78 is 55.1. The number of pyridine rings is 2. The zero-order chi connectivity index (χ0) is 28.2. The molecule has 1 fully saturated rings. The molecule has 1 aromatic carbocycles. The molecule has 0 spiro atoms. The van der Waals surface area contributed by atoms with Gasteiger partial charge < -0.3 is 25.9 Å². The molecule has 3 heterocycles. The van der Waals surface area contributed by atoms with Crippen molar-refractivity contribution in [3.05, 3.63) is 82.4 Å². The first-order chi connectivity index (χ1) is 18.5. The second-order valence-corrected chi connectivity index (χ2v) is 8.62. The molecule has 2 amide bonds. The topological polar surface area (TPSA) is 128 Å². The first kappa shape index (κ1) is 27.3. The number of nitrogens with two attached hydrogens (primary N) is 1. The Labute approximate surface area is 220 Å². The number of anilines is 2. The zero-order valence-corrected chi connectivity index (χ0v) is 20.3. The van der Waals surface area contributed by atoms with Crippen molar-refractivity contribution in [1.29, 1.82) is 0 Å². The third kappa shape index (κ3) is 6.99. The minimum atomic E-state index is -4.72. The molecule has 9 nitrogen and oxygen atoms in total. The van der Waals surface area contributed by atoms with Crippen molar-refractivity contribution in [2.45, 2.75) is 12.7 Å². The highest BCUT2D eigenvalue weighted by molar-refractivity contribution is 6.04. The Morgan fingerprint density at radius 2 is 1.74 bits per heavy atom. The van der Waals surface area contributed by atoms with E-state index >= 15 is 0 Å². The van der Waals surface area contributed by atoms with Crippen LogP contribution in [0.2, 0.25) is 0 Å². The molecule has 202 valence electrons. The number of carboxylic acid groups (broad SMARTS) is 1. The Morgan fingerprint density at radius 1 is 1.03 bits per heavy atom. The van der Waals surface area contributed by atoms with Crippen molar-refractivity contribution in [2.24, 2.45) is 0 Å². The van der Waals surface area contributed by atoms with Crippen molar-refractivity contribution in [1.82, 2.24) is 19.8 Å². The lowest BCUT2D eigenvalue weighted by atomic mass is 10.0. The number of halogens is 4. The Hall–Kier alpha value is -4.70. The van der Waals surface area contributed by atoms with Gasteiger partial charge in [-0.3, -0.25) is 9.69 Å². The van der Waals surface area contributed by atoms with Crippen LogP contribution in [-0.4, -0.2) is 57.9 Å². The number of amides is 2. The van der Waals surface area contributed by atoms with Crippen molar-refractivity contribution in [3.63, 3.8) is 0 Å². The van der Waals surface area contributed by atoms with E-state index in [-0.39, 0.29) is 61.0 Å². The first-order valence-corrected chi connectivity index (χ1v) is 11.6. The minimum absolute atomic E-state index is 0.0371. The summed E-state index contributed by atoms with van der Waals surface area (Å²) in [4.78, 5) is 34.2. The van der Waals surface area contributed by atoms with Gasteiger partial charge in [-0.05, 0) is 35.9 Å². The van der Waals surface area contributed by atoms with Gasteiger partial charge in [0.25, 0.3) is 5.91 Å². The molecule has 3 aromatic rings. The SMILES string of the molecule is Nc1ncc(C#Cc2ccnc(NC(=O)c3ccc(CN4CCN(C(=O)[O-])CC4)c(C(F)(F)F)c3)c2)cc1F. The lowest BCUT2D eigenvalue weighted by Gasteiger charge is -2.36. The van der Waals surface area contributed by atoms with Crippen LogP contribution in [0.1, 0.15) is 32.6 Å². The lowest BCUT2D eigenvalue weighted by Crippen LogP contribution is -2.52. The Bertz CT molecular complexity index is 1460. The number of carbonyl (C=O) groups excluding carboxylic acids is 2. The molecule has 1 saturated heterocycles. The normalized spacial score (nSPS) is 13.9. The van der Waals surface area contributed by atoms with Gasteiger partial charge in [-0.15, -0.1) is 0 Å². The van der Waals surface area contributed by atoms with Gasteiger partial charge in [-0.25, -0.2) is 14.4 Å². The van der Waals surface area contributed by atoms with Crippen LogP contribution in [0.4, 0.5) is 34.0 Å². The second kappa shape index (κ2) is 11.4. The molecule has 0 bridgehead atoms. The quantitative estimate of drug-likeness (QED) is 0.383. The number of rotatable bonds is 4. The van der Waals surface area contributed by atoms with Gasteiger partial charge in [0.05, 0.1) is 5.56 Å². The molecule has 1 aliphatic heterocycles. The van der Waals surface area contributed by atoms with E-state index in [4.69, 9.17) is 5.73 Å². The van der Waals surface area contributed by atoms with Gasteiger partial charge in [0, 0.05) is 61.8 Å². The van der Waals surface area contributed by atoms with E-state index in [9.17, 15) is 32.3 Å². The smallest absolute Gasteiger partial charge is 0.416 e. The van der Waals surface area contributed by atoms with E-state index in [0.29, 0.717) is 5.56 Å². The summed E-state index contributed by atoms with van der Waals surface area (Å²) >= 11 is 0. The van der Waals surface area contributed by atoms with E-state index in [1.165, 1.54) is 36.7 Å². The number of nitrogens with one attached hydrogen (secondary N) is 1. The number of benzene rings is 1. The largest absolute Gasteiger partial charge is 0.530 e. The molecular weight excluding hydrogens is 520 g/mol. The van der Waals surface area contributed by atoms with Gasteiger partial charge in [0.2, 0.25) is 0 Å². The fourth-order valence-electron chi connectivity index (χ4n) is 3.88. The molecule has 39 heavy (non-hydrogen) atoms. The third-order valence-electron chi connectivity index (χ3n) is 5.92. The molecule has 0 unspecified atom stereocenters. The van der Waals surface area contributed by atoms with Crippen LogP contribution in [0.3, 0.4) is 0 Å². The summed E-state index contributed by atoms with van der Waals surface area (Å²) in [6, 6.07) is 7.36. The second-order valence-electron chi connectivity index (χ2n) is 8.62. The highest BCUT2D eigenvalue weighted by atomic mass is 19.4. The fraction of sp³-hybridized carbons (Fsp3) is 0.231. The maximum atomic E-state index is 13.9. The zero-order valence-electron chi connectivity index (χ0n) is 20.3. The van der Waals surface area contributed by atoms with Crippen LogP contribution >= 0.6 is 0 Å². The molecule has 4 rings (SSSR count). The summed E-state index contributed by atoms with van der Waals surface area (Å²) in [5.74, 6) is 3.74. The number of hydrogen-bond acceptors (Lipinski definition) is 7. The highest BCUT2D eigenvalue weighted by Gasteiger charge is 2.34. The maximum absolute atomic E-state index is 13.9. The molecule has 0 saturated carbocycles. The third-order valence-corrected chi connectivity index (χ3v) is 5.92. The Balaban J connectivity index is 1.48. The van der Waals surface area contributed by atoms with Crippen LogP contribution < -0.4 is 16.2 Å². The molecule has 0 atom stereocenters. The van der Waals surface area contributed by atoms with Gasteiger partial charge in [0.15, 0.2) is 11.6 Å². The van der Waals surface area contributed by atoms with Crippen molar-refractivity contribution < 1.29 is 32.3 Å². The summed E-state index contributed by atoms with van der Waals surface area (Å²) in [7, 11) is 0. The van der Waals surface area contributed by atoms with Crippen molar-refractivity contribution in [3.8, 4) is 11.8 Å². The average Bonchev–Trinajstić information content (AvgIpc) is 2.89. The van der Waals surface area contributed by atoms with Gasteiger partial charge >= 0.3 is 6.18 Å². The predicted molar refractivity (Wildman–Crippen MR) is 130 cm³/mol. The van der Waals surface area contributed by atoms with Crippen LogP contribution in [0.25, 0.3) is 0 Å². The van der Waals surface area contributed by atoms with Crippen molar-refractivity contribution >= 4 is 23.6 Å². The standard InChI is InChI=1S/C26H22F4N6O3/c27-21-11-17(14-33-23(21)31)2-1-16-5-6-32-22(12-16)34-24(37)18-3-4-19(20(13-18)26(28,29)30)15-35-7-9-36(10-8-35)25(38)39/h3-6,11-14H,7-10,15H2,(H2,31,33)(H,38,39)(H,32,34,37)/p-1. The van der Waals surface area contributed by atoms with Crippen LogP contribution in [0.5, 0.6) is 0 Å². The molecule has 0 aliphatic carbocycles. The van der Waals surface area contributed by atoms with E-state index in [1.54, 1.807) is 4.90 Å². The predicted octanol–water partition coefficient (Wildman–Crippen LogP) is 2.33. The monoisotopic (exact) mass is 541 g/mol. The number of aromatic nitrogens is 2. The van der Waals surface area contributed by atoms with E-state index in [0.717, 1.165) is 17.0 Å². The number of alkyl halides is 3. The molecule has 0 radical (unpaired) electrons. The van der Waals surface area contributed by atoms with Gasteiger partial charge in [-0.2, -0.15) is 13.2 Å². The Morgan fingerprint density at radius 3 is 2.41 bits per heavy atom. The number of carbonyl (C=O) groups is 2. The molecular formula is C26H21F4N6O3-. The van der Waals surface area contributed by atoms with Crippen LogP contribution in [0.15, 0.2) is 48.8 Å². The van der Waals surface area contributed by atoms with E-state index < -0.39 is 29.6 Å². The maximum Gasteiger partial charge on any atom is 0.416 e. The van der Waals surface area contributed by atoms with Crippen LogP contribution in [0, 0.1) is 17.7 Å². The molecule has 3 N–H and O–H groups in total. The fourth-order valence-corrected chi connectivity index (χ4v) is 3.88. The van der Waals surface area contributed by atoms with Crippen molar-refractivity contribution in [2.75, 3.05) is 37.2 Å². The number of nitrogens with zero attached hydrogens (tertiary/aromatic N) is 4. The first-order valence-electron chi connectivity index (χ1n) is 11.6. The molecule has 1 aliphatic rings. The summed E-state index contributed by atoms with van der Waals surface area (Å²) in [6.07, 6.45) is -3.39. The van der Waals surface area contributed by atoms with E-state index in [1.807, 2.05) is 0 Å². The van der Waals surface area contributed by atoms with Crippen LogP contribution in [-0.2, 0) is 12.7 Å². The van der Waals surface area contributed by atoms with E-state index in [2.05, 4.69) is 27.1 Å². The summed E-state index contributed by atoms with van der Waals surface area (Å²) in [5.41, 5.74) is 4.78. The van der Waals surface area contributed by atoms with Gasteiger partial charge in [0.1, 0.15) is 11.9 Å². The molecule has 2 aromatic heterocycles. The highest BCUT2D eigenvalue weighted by Crippen LogP contribution is 2.33. The number of hydrogen-bond donors (Lipinski definition) is 2. The van der Waals surface area contributed by atoms with Gasteiger partial charge in [-0.1, -0.05) is 17.9 Å². The summed E-state index contributed by atoms with van der Waals surface area (Å²) in [5, 5.41) is 13.4. The minimum Gasteiger partial charge on any atom is -0.530 e. The lowest BCUT2D eigenvalue weighted by molar-refractivity contribution is -0.266. The summed E-state index contributed by atoms with van der Waals surface area (Å²) in [6.45, 7) is 0.709. The average molecular weight is 541 g/mol. The Kier molecular flexibility index (Phi) is 7.96. The number of nitrogen functional groups attached to an aromatic ring is 1. The molecule has 13 heteroatoms.